The molecular formula is C14H21N3O. The smallest absolute Gasteiger partial charge is 0.231 e. The van der Waals surface area contributed by atoms with Gasteiger partial charge in [-0.2, -0.15) is 0 Å². The highest BCUT2D eigenvalue weighted by atomic mass is 16.2. The van der Waals surface area contributed by atoms with Crippen molar-refractivity contribution in [1.82, 2.24) is 5.32 Å². The largest absolute Gasteiger partial charge is 0.387 e. The van der Waals surface area contributed by atoms with Gasteiger partial charge < -0.3 is 11.1 Å². The highest BCUT2D eigenvalue weighted by molar-refractivity contribution is 6.00. The van der Waals surface area contributed by atoms with Crippen molar-refractivity contribution in [3.05, 3.63) is 35.9 Å². The van der Waals surface area contributed by atoms with Gasteiger partial charge in [-0.15, -0.1) is 0 Å². The zero-order chi connectivity index (χ0) is 13.5. The second kappa shape index (κ2) is 6.79. The van der Waals surface area contributed by atoms with Gasteiger partial charge in [-0.25, -0.2) is 0 Å². The van der Waals surface area contributed by atoms with Crippen LogP contribution >= 0.6 is 0 Å². The summed E-state index contributed by atoms with van der Waals surface area (Å²) in [6, 6.07) is 9.81. The van der Waals surface area contributed by atoms with Crippen LogP contribution in [0.2, 0.25) is 0 Å². The van der Waals surface area contributed by atoms with Crippen LogP contribution in [0.3, 0.4) is 0 Å². The summed E-state index contributed by atoms with van der Waals surface area (Å²) < 4.78 is 0. The SMILES string of the molecule is CCC(C(=N)N)C(=O)N[C@@H](CC)c1ccccc1. The van der Waals surface area contributed by atoms with Crippen LogP contribution in [0.1, 0.15) is 38.3 Å². The molecule has 1 aromatic carbocycles. The highest BCUT2D eigenvalue weighted by Gasteiger charge is 2.22. The maximum Gasteiger partial charge on any atom is 0.231 e. The van der Waals surface area contributed by atoms with Crippen LogP contribution in [-0.2, 0) is 4.79 Å². The summed E-state index contributed by atoms with van der Waals surface area (Å²) in [6.45, 7) is 3.88. The molecule has 2 atom stereocenters. The number of amides is 1. The maximum absolute atomic E-state index is 12.0. The predicted molar refractivity (Wildman–Crippen MR) is 73.3 cm³/mol. The van der Waals surface area contributed by atoms with Crippen LogP contribution in [-0.4, -0.2) is 11.7 Å². The fourth-order valence-electron chi connectivity index (χ4n) is 1.93. The third-order valence-electron chi connectivity index (χ3n) is 3.03. The first-order valence-corrected chi connectivity index (χ1v) is 6.29. The quantitative estimate of drug-likeness (QED) is 0.532. The van der Waals surface area contributed by atoms with Crippen LogP contribution in [0.15, 0.2) is 30.3 Å². The molecule has 1 aromatic rings. The standard InChI is InChI=1S/C14H21N3O/c1-3-11(13(15)16)14(18)17-12(4-2)10-8-6-5-7-9-10/h5-9,11-12H,3-4H2,1-2H3,(H3,15,16)(H,17,18)/t11?,12-/m0/s1. The van der Waals surface area contributed by atoms with Gasteiger partial charge in [0.05, 0.1) is 12.0 Å². The van der Waals surface area contributed by atoms with E-state index in [1.807, 2.05) is 44.2 Å². The van der Waals surface area contributed by atoms with Crippen LogP contribution in [0.4, 0.5) is 0 Å². The molecule has 0 aliphatic heterocycles. The van der Waals surface area contributed by atoms with Gasteiger partial charge >= 0.3 is 0 Å². The van der Waals surface area contributed by atoms with E-state index in [0.29, 0.717) is 6.42 Å². The molecule has 1 unspecified atom stereocenters. The molecule has 0 heterocycles. The Morgan fingerprint density at radius 1 is 1.28 bits per heavy atom. The molecule has 1 amide bonds. The van der Waals surface area contributed by atoms with Crippen LogP contribution in [0, 0.1) is 11.3 Å². The van der Waals surface area contributed by atoms with Crippen molar-refractivity contribution in [2.24, 2.45) is 11.7 Å². The van der Waals surface area contributed by atoms with Crippen molar-refractivity contribution < 1.29 is 4.79 Å². The summed E-state index contributed by atoms with van der Waals surface area (Å²) in [5.41, 5.74) is 6.50. The average molecular weight is 247 g/mol. The van der Waals surface area contributed by atoms with Crippen molar-refractivity contribution in [2.45, 2.75) is 32.7 Å². The van der Waals surface area contributed by atoms with E-state index >= 15 is 0 Å². The maximum atomic E-state index is 12.0. The summed E-state index contributed by atoms with van der Waals surface area (Å²) >= 11 is 0. The lowest BCUT2D eigenvalue weighted by molar-refractivity contribution is -0.123. The number of nitrogens with two attached hydrogens (primary N) is 1. The normalized spacial score (nSPS) is 13.7. The van der Waals surface area contributed by atoms with Crippen molar-refractivity contribution in [1.29, 1.82) is 5.41 Å². The predicted octanol–water partition coefficient (Wildman–Crippen LogP) is 2.22. The summed E-state index contributed by atoms with van der Waals surface area (Å²) in [5.74, 6) is -0.763. The minimum absolute atomic E-state index is 0.0212. The third kappa shape index (κ3) is 3.58. The van der Waals surface area contributed by atoms with Gasteiger partial charge in [0.1, 0.15) is 5.84 Å². The Morgan fingerprint density at radius 2 is 1.89 bits per heavy atom. The molecule has 1 rings (SSSR count). The number of benzene rings is 1. The Balaban J connectivity index is 2.75. The molecule has 0 bridgehead atoms. The van der Waals surface area contributed by atoms with E-state index in [2.05, 4.69) is 5.32 Å². The number of amidine groups is 1. The summed E-state index contributed by atoms with van der Waals surface area (Å²) in [4.78, 5) is 12.0. The number of carbonyl (C=O) groups is 1. The lowest BCUT2D eigenvalue weighted by Gasteiger charge is -2.21. The number of hydrogen-bond donors (Lipinski definition) is 3. The molecule has 98 valence electrons. The summed E-state index contributed by atoms with van der Waals surface area (Å²) in [5, 5.41) is 10.4. The van der Waals surface area contributed by atoms with Gasteiger partial charge in [-0.3, -0.25) is 10.2 Å². The zero-order valence-electron chi connectivity index (χ0n) is 10.9. The first-order valence-electron chi connectivity index (χ1n) is 6.29. The molecule has 0 aliphatic rings. The molecule has 0 saturated heterocycles. The molecular weight excluding hydrogens is 226 g/mol. The number of nitrogens with one attached hydrogen (secondary N) is 2. The van der Waals surface area contributed by atoms with E-state index in [4.69, 9.17) is 11.1 Å². The number of carbonyl (C=O) groups excluding carboxylic acids is 1. The number of hydrogen-bond acceptors (Lipinski definition) is 2. The van der Waals surface area contributed by atoms with E-state index in [0.717, 1.165) is 12.0 Å². The molecule has 0 fully saturated rings. The minimum Gasteiger partial charge on any atom is -0.387 e. The topological polar surface area (TPSA) is 79.0 Å². The van der Waals surface area contributed by atoms with Crippen LogP contribution in [0.25, 0.3) is 0 Å². The van der Waals surface area contributed by atoms with Gasteiger partial charge in [0.2, 0.25) is 5.91 Å². The van der Waals surface area contributed by atoms with E-state index in [1.165, 1.54) is 0 Å². The average Bonchev–Trinajstić information content (AvgIpc) is 2.37. The monoisotopic (exact) mass is 247 g/mol. The van der Waals surface area contributed by atoms with Crippen molar-refractivity contribution in [3.8, 4) is 0 Å². The van der Waals surface area contributed by atoms with Gasteiger partial charge in [-0.05, 0) is 18.4 Å². The molecule has 4 heteroatoms. The first-order chi connectivity index (χ1) is 8.60. The van der Waals surface area contributed by atoms with E-state index in [1.54, 1.807) is 0 Å². The van der Waals surface area contributed by atoms with Crippen LogP contribution in [0.5, 0.6) is 0 Å². The zero-order valence-corrected chi connectivity index (χ0v) is 10.9. The molecule has 4 N–H and O–H groups in total. The minimum atomic E-state index is -0.525. The van der Waals surface area contributed by atoms with E-state index in [-0.39, 0.29) is 17.8 Å². The molecule has 4 nitrogen and oxygen atoms in total. The van der Waals surface area contributed by atoms with E-state index < -0.39 is 5.92 Å². The highest BCUT2D eigenvalue weighted by Crippen LogP contribution is 2.17. The van der Waals surface area contributed by atoms with Gasteiger partial charge in [0.15, 0.2) is 0 Å². The molecule has 18 heavy (non-hydrogen) atoms. The van der Waals surface area contributed by atoms with Gasteiger partial charge in [0, 0.05) is 0 Å². The van der Waals surface area contributed by atoms with Gasteiger partial charge in [-0.1, -0.05) is 44.2 Å². The molecule has 0 aliphatic carbocycles. The molecule has 0 saturated carbocycles. The summed E-state index contributed by atoms with van der Waals surface area (Å²) in [6.07, 6.45) is 1.36. The first kappa shape index (κ1) is 14.2. The second-order valence-corrected chi connectivity index (χ2v) is 4.30. The lowest BCUT2D eigenvalue weighted by Crippen LogP contribution is -2.39. The Bertz CT molecular complexity index is 403. The van der Waals surface area contributed by atoms with E-state index in [9.17, 15) is 4.79 Å². The van der Waals surface area contributed by atoms with Crippen molar-refractivity contribution in [2.75, 3.05) is 0 Å². The molecule has 0 aromatic heterocycles. The number of rotatable bonds is 6. The van der Waals surface area contributed by atoms with Crippen molar-refractivity contribution in [3.63, 3.8) is 0 Å². The molecule has 0 spiro atoms. The lowest BCUT2D eigenvalue weighted by atomic mass is 10.0. The van der Waals surface area contributed by atoms with Crippen LogP contribution < -0.4 is 11.1 Å². The Kier molecular flexibility index (Phi) is 5.36. The van der Waals surface area contributed by atoms with Crippen molar-refractivity contribution >= 4 is 11.7 Å². The Hall–Kier alpha value is -1.84. The third-order valence-corrected chi connectivity index (χ3v) is 3.03. The Morgan fingerprint density at radius 3 is 2.33 bits per heavy atom. The fraction of sp³-hybridized carbons (Fsp3) is 0.429. The fourth-order valence-corrected chi connectivity index (χ4v) is 1.93. The van der Waals surface area contributed by atoms with Gasteiger partial charge in [0.25, 0.3) is 0 Å². The summed E-state index contributed by atoms with van der Waals surface area (Å²) in [7, 11) is 0. The molecule has 0 radical (unpaired) electrons. The Labute approximate surface area is 108 Å². The second-order valence-electron chi connectivity index (χ2n) is 4.30.